The molecule has 1 fully saturated rings. The smallest absolute Gasteiger partial charge is 0.317 e. The van der Waals surface area contributed by atoms with Gasteiger partial charge in [0.1, 0.15) is 0 Å². The number of likely N-dealkylation sites (tertiary alicyclic amines) is 1. The Labute approximate surface area is 151 Å². The molecule has 25 heavy (non-hydrogen) atoms. The number of carbonyl (C=O) groups is 1. The second-order valence-corrected chi connectivity index (χ2v) is 7.20. The number of hydrogen-bond acceptors (Lipinski definition) is 1. The molecule has 3 heteroatoms. The van der Waals surface area contributed by atoms with Crippen molar-refractivity contribution in [1.82, 2.24) is 4.90 Å². The molecule has 1 N–H and O–H groups in total. The fraction of sp³-hybridized carbons (Fsp3) is 0.409. The molecule has 2 aromatic carbocycles. The van der Waals surface area contributed by atoms with Crippen molar-refractivity contribution in [3.8, 4) is 0 Å². The first-order valence-electron chi connectivity index (χ1n) is 9.26. The SMILES string of the molecule is Cc1cccc([C@@H]2CCCCCN2C(=O)Nc2ccc(C)c(C)c2)c1. The Morgan fingerprint density at radius 1 is 1.00 bits per heavy atom. The molecule has 1 saturated heterocycles. The van der Waals surface area contributed by atoms with Crippen LogP contribution < -0.4 is 5.32 Å². The molecule has 0 aromatic heterocycles. The lowest BCUT2D eigenvalue weighted by molar-refractivity contribution is 0.189. The minimum Gasteiger partial charge on any atom is -0.317 e. The van der Waals surface area contributed by atoms with E-state index in [9.17, 15) is 4.79 Å². The largest absolute Gasteiger partial charge is 0.322 e. The summed E-state index contributed by atoms with van der Waals surface area (Å²) in [6.07, 6.45) is 4.47. The summed E-state index contributed by atoms with van der Waals surface area (Å²) in [5, 5.41) is 3.11. The Balaban J connectivity index is 1.82. The van der Waals surface area contributed by atoms with Gasteiger partial charge in [0.25, 0.3) is 0 Å². The van der Waals surface area contributed by atoms with E-state index in [4.69, 9.17) is 0 Å². The van der Waals surface area contributed by atoms with Gasteiger partial charge in [0.2, 0.25) is 0 Å². The minimum atomic E-state index is 0.0108. The number of amides is 2. The predicted molar refractivity (Wildman–Crippen MR) is 104 cm³/mol. The van der Waals surface area contributed by atoms with Gasteiger partial charge in [0.05, 0.1) is 6.04 Å². The summed E-state index contributed by atoms with van der Waals surface area (Å²) >= 11 is 0. The predicted octanol–water partition coefficient (Wildman–Crippen LogP) is 5.76. The number of nitrogens with zero attached hydrogens (tertiary/aromatic N) is 1. The second kappa shape index (κ2) is 7.73. The molecule has 1 atom stereocenters. The van der Waals surface area contributed by atoms with Crippen LogP contribution in [0, 0.1) is 20.8 Å². The van der Waals surface area contributed by atoms with Crippen LogP contribution in [0.1, 0.15) is 54.0 Å². The lowest BCUT2D eigenvalue weighted by Crippen LogP contribution is -2.38. The summed E-state index contributed by atoms with van der Waals surface area (Å²) < 4.78 is 0. The van der Waals surface area contributed by atoms with E-state index in [-0.39, 0.29) is 12.1 Å². The van der Waals surface area contributed by atoms with Gasteiger partial charge in [-0.1, -0.05) is 48.7 Å². The quantitative estimate of drug-likeness (QED) is 0.743. The van der Waals surface area contributed by atoms with E-state index < -0.39 is 0 Å². The highest BCUT2D eigenvalue weighted by atomic mass is 16.2. The average Bonchev–Trinajstić information content (AvgIpc) is 2.84. The number of benzene rings is 2. The standard InChI is InChI=1S/C22H28N2O/c1-16-8-7-9-19(14-16)21-10-5-4-6-13-24(21)22(25)23-20-12-11-17(2)18(3)15-20/h7-9,11-12,14-15,21H,4-6,10,13H2,1-3H3,(H,23,25)/t21-/m0/s1. The highest BCUT2D eigenvalue weighted by molar-refractivity contribution is 5.89. The van der Waals surface area contributed by atoms with Crippen molar-refractivity contribution < 1.29 is 4.79 Å². The van der Waals surface area contributed by atoms with Crippen LogP contribution in [0.4, 0.5) is 10.5 Å². The van der Waals surface area contributed by atoms with E-state index in [1.54, 1.807) is 0 Å². The molecule has 2 aromatic rings. The zero-order chi connectivity index (χ0) is 17.8. The molecule has 3 rings (SSSR count). The van der Waals surface area contributed by atoms with E-state index >= 15 is 0 Å². The van der Waals surface area contributed by atoms with Crippen molar-refractivity contribution in [2.75, 3.05) is 11.9 Å². The summed E-state index contributed by atoms with van der Waals surface area (Å²) in [7, 11) is 0. The molecule has 0 bridgehead atoms. The minimum absolute atomic E-state index is 0.0108. The molecule has 132 valence electrons. The monoisotopic (exact) mass is 336 g/mol. The topological polar surface area (TPSA) is 32.3 Å². The first-order chi connectivity index (χ1) is 12.0. The van der Waals surface area contributed by atoms with Gasteiger partial charge in [0, 0.05) is 12.2 Å². The van der Waals surface area contributed by atoms with Crippen molar-refractivity contribution in [1.29, 1.82) is 0 Å². The van der Waals surface area contributed by atoms with Gasteiger partial charge in [-0.3, -0.25) is 0 Å². The molecule has 0 spiro atoms. The average molecular weight is 336 g/mol. The third kappa shape index (κ3) is 4.22. The van der Waals surface area contributed by atoms with Crippen LogP contribution in [0.25, 0.3) is 0 Å². The Bertz CT molecular complexity index is 753. The van der Waals surface area contributed by atoms with E-state index in [0.717, 1.165) is 25.1 Å². The molecule has 1 aliphatic heterocycles. The second-order valence-electron chi connectivity index (χ2n) is 7.20. The van der Waals surface area contributed by atoms with Crippen molar-refractivity contribution >= 4 is 11.7 Å². The number of nitrogens with one attached hydrogen (secondary N) is 1. The van der Waals surface area contributed by atoms with Crippen LogP contribution >= 0.6 is 0 Å². The number of rotatable bonds is 2. The maximum atomic E-state index is 13.0. The van der Waals surface area contributed by atoms with Crippen LogP contribution in [0.15, 0.2) is 42.5 Å². The van der Waals surface area contributed by atoms with Crippen molar-refractivity contribution in [2.24, 2.45) is 0 Å². The highest BCUT2D eigenvalue weighted by Gasteiger charge is 2.27. The Hall–Kier alpha value is -2.29. The molecule has 0 aliphatic carbocycles. The lowest BCUT2D eigenvalue weighted by Gasteiger charge is -2.31. The van der Waals surface area contributed by atoms with Crippen LogP contribution in [-0.4, -0.2) is 17.5 Å². The van der Waals surface area contributed by atoms with E-state index in [0.29, 0.717) is 0 Å². The van der Waals surface area contributed by atoms with Crippen molar-refractivity contribution in [2.45, 2.75) is 52.5 Å². The third-order valence-corrected chi connectivity index (χ3v) is 5.20. The van der Waals surface area contributed by atoms with E-state index in [2.05, 4.69) is 56.4 Å². The van der Waals surface area contributed by atoms with Gasteiger partial charge in [-0.25, -0.2) is 4.79 Å². The molecular formula is C22H28N2O. The highest BCUT2D eigenvalue weighted by Crippen LogP contribution is 2.31. The maximum absolute atomic E-state index is 13.0. The van der Waals surface area contributed by atoms with Crippen molar-refractivity contribution in [3.63, 3.8) is 0 Å². The Kier molecular flexibility index (Phi) is 5.42. The normalized spacial score (nSPS) is 17.9. The summed E-state index contributed by atoms with van der Waals surface area (Å²) in [5.41, 5.74) is 5.81. The number of aryl methyl sites for hydroxylation is 3. The van der Waals surface area contributed by atoms with Crippen LogP contribution in [0.2, 0.25) is 0 Å². The zero-order valence-corrected chi connectivity index (χ0v) is 15.5. The van der Waals surface area contributed by atoms with Crippen LogP contribution in [0.5, 0.6) is 0 Å². The maximum Gasteiger partial charge on any atom is 0.322 e. The van der Waals surface area contributed by atoms with Gasteiger partial charge >= 0.3 is 6.03 Å². The van der Waals surface area contributed by atoms with Gasteiger partial charge < -0.3 is 10.2 Å². The third-order valence-electron chi connectivity index (χ3n) is 5.20. The van der Waals surface area contributed by atoms with Gasteiger partial charge in [-0.15, -0.1) is 0 Å². The van der Waals surface area contributed by atoms with Crippen molar-refractivity contribution in [3.05, 3.63) is 64.7 Å². The fourth-order valence-electron chi connectivity index (χ4n) is 3.59. The number of urea groups is 1. The summed E-state index contributed by atoms with van der Waals surface area (Å²) in [5.74, 6) is 0. The number of anilines is 1. The number of hydrogen-bond donors (Lipinski definition) is 1. The van der Waals surface area contributed by atoms with E-state index in [1.165, 1.54) is 35.1 Å². The molecular weight excluding hydrogens is 308 g/mol. The van der Waals surface area contributed by atoms with Gasteiger partial charge in [-0.05, 0) is 62.4 Å². The molecule has 0 saturated carbocycles. The Morgan fingerprint density at radius 2 is 1.84 bits per heavy atom. The number of carbonyl (C=O) groups excluding carboxylic acids is 1. The lowest BCUT2D eigenvalue weighted by atomic mass is 9.99. The molecule has 1 heterocycles. The molecule has 3 nitrogen and oxygen atoms in total. The Morgan fingerprint density at radius 3 is 2.60 bits per heavy atom. The molecule has 0 unspecified atom stereocenters. The molecule has 1 aliphatic rings. The zero-order valence-electron chi connectivity index (χ0n) is 15.5. The summed E-state index contributed by atoms with van der Waals surface area (Å²) in [4.78, 5) is 15.0. The summed E-state index contributed by atoms with van der Waals surface area (Å²) in [6.45, 7) is 7.09. The van der Waals surface area contributed by atoms with Crippen LogP contribution in [-0.2, 0) is 0 Å². The first kappa shape index (κ1) is 17.5. The fourth-order valence-corrected chi connectivity index (χ4v) is 3.59. The molecule has 2 amide bonds. The van der Waals surface area contributed by atoms with Gasteiger partial charge in [-0.2, -0.15) is 0 Å². The van der Waals surface area contributed by atoms with Gasteiger partial charge in [0.15, 0.2) is 0 Å². The molecule has 0 radical (unpaired) electrons. The van der Waals surface area contributed by atoms with Crippen LogP contribution in [0.3, 0.4) is 0 Å². The van der Waals surface area contributed by atoms with E-state index in [1.807, 2.05) is 17.0 Å². The summed E-state index contributed by atoms with van der Waals surface area (Å²) in [6, 6.07) is 14.8. The first-order valence-corrected chi connectivity index (χ1v) is 9.26.